The lowest BCUT2D eigenvalue weighted by Crippen LogP contribution is -2.42. The Morgan fingerprint density at radius 2 is 1.93 bits per heavy atom. The molecule has 0 bridgehead atoms. The maximum absolute atomic E-state index is 12.3. The van der Waals surface area contributed by atoms with Crippen molar-refractivity contribution in [2.24, 2.45) is 5.10 Å². The van der Waals surface area contributed by atoms with Crippen molar-refractivity contribution in [3.8, 4) is 22.3 Å². The Morgan fingerprint density at radius 1 is 1.10 bits per heavy atom. The van der Waals surface area contributed by atoms with Crippen LogP contribution in [0.1, 0.15) is 5.76 Å². The van der Waals surface area contributed by atoms with E-state index in [-0.39, 0.29) is 6.61 Å². The van der Waals surface area contributed by atoms with Crippen LogP contribution >= 0.6 is 11.3 Å². The third kappa shape index (κ3) is 3.57. The molecule has 0 fully saturated rings. The third-order valence-corrected chi connectivity index (χ3v) is 5.35. The van der Waals surface area contributed by atoms with Gasteiger partial charge in [0.25, 0.3) is 5.91 Å². The summed E-state index contributed by atoms with van der Waals surface area (Å²) in [5.41, 5.74) is 3.39. The first-order valence-electron chi connectivity index (χ1n) is 8.93. The van der Waals surface area contributed by atoms with Crippen molar-refractivity contribution < 1.29 is 18.7 Å². The molecule has 1 N–H and O–H groups in total. The second kappa shape index (κ2) is 7.40. The third-order valence-electron chi connectivity index (χ3n) is 4.30. The van der Waals surface area contributed by atoms with Crippen molar-refractivity contribution in [3.63, 3.8) is 0 Å². The predicted octanol–water partition coefficient (Wildman–Crippen LogP) is 3.85. The number of carbonyl (C=O) groups excluding carboxylic acids is 1. The number of ether oxygens (including phenoxy) is 2. The highest BCUT2D eigenvalue weighted by Gasteiger charge is 2.27. The molecule has 7 nitrogen and oxygen atoms in total. The Bertz CT molecular complexity index is 1180. The molecule has 0 radical (unpaired) electrons. The molecule has 0 aliphatic carbocycles. The maximum atomic E-state index is 12.3. The summed E-state index contributed by atoms with van der Waals surface area (Å²) < 4.78 is 18.0. The van der Waals surface area contributed by atoms with Gasteiger partial charge in [0, 0.05) is 0 Å². The smallest absolute Gasteiger partial charge is 0.284 e. The minimum absolute atomic E-state index is 0.126. The van der Waals surface area contributed by atoms with E-state index < -0.39 is 12.0 Å². The summed E-state index contributed by atoms with van der Waals surface area (Å²) in [4.78, 5) is 16.8. The average Bonchev–Trinajstić information content (AvgIpc) is 3.40. The number of benzene rings is 2. The number of rotatable bonds is 4. The molecule has 0 unspecified atom stereocenters. The Morgan fingerprint density at radius 3 is 2.83 bits per heavy atom. The zero-order valence-corrected chi connectivity index (χ0v) is 15.9. The van der Waals surface area contributed by atoms with Crippen LogP contribution in [0.4, 0.5) is 0 Å². The van der Waals surface area contributed by atoms with Crippen LogP contribution < -0.4 is 14.9 Å². The molecular weight excluding hydrogens is 390 g/mol. The van der Waals surface area contributed by atoms with Crippen LogP contribution in [0.2, 0.25) is 0 Å². The predicted molar refractivity (Wildman–Crippen MR) is 109 cm³/mol. The Hall–Kier alpha value is -3.65. The van der Waals surface area contributed by atoms with Crippen molar-refractivity contribution in [1.29, 1.82) is 0 Å². The van der Waals surface area contributed by atoms with Crippen LogP contribution in [0.5, 0.6) is 11.5 Å². The normalized spacial score (nSPS) is 15.7. The first kappa shape index (κ1) is 17.4. The van der Waals surface area contributed by atoms with E-state index in [4.69, 9.17) is 13.9 Å². The van der Waals surface area contributed by atoms with Crippen LogP contribution in [0.3, 0.4) is 0 Å². The van der Waals surface area contributed by atoms with Gasteiger partial charge in [-0.15, -0.1) is 11.3 Å². The summed E-state index contributed by atoms with van der Waals surface area (Å²) >= 11 is 1.56. The van der Waals surface area contributed by atoms with E-state index in [1.807, 2.05) is 42.5 Å². The summed E-state index contributed by atoms with van der Waals surface area (Å²) in [5.74, 6) is 1.92. The van der Waals surface area contributed by atoms with E-state index in [1.54, 1.807) is 29.5 Å². The van der Waals surface area contributed by atoms with Crippen molar-refractivity contribution in [1.82, 2.24) is 10.4 Å². The Kier molecular flexibility index (Phi) is 4.45. The zero-order chi connectivity index (χ0) is 19.6. The number of carbonyl (C=O) groups is 1. The van der Waals surface area contributed by atoms with E-state index in [1.165, 1.54) is 6.21 Å². The standard InChI is InChI=1S/C21H15N3O4S/c25-20(18-12-26-15-6-2-3-7-16(15)28-18)24-22-11-13-9-10-17(27-13)21-23-14-5-1-4-8-19(14)29-21/h1-11,18H,12H2,(H,24,25)/b22-11-/t18-/m0/s1. The number of aromatic nitrogens is 1. The number of hydrogen-bond acceptors (Lipinski definition) is 7. The quantitative estimate of drug-likeness (QED) is 0.412. The zero-order valence-electron chi connectivity index (χ0n) is 15.1. The number of nitrogens with one attached hydrogen (secondary N) is 1. The lowest BCUT2D eigenvalue weighted by Gasteiger charge is -2.24. The molecule has 1 atom stereocenters. The number of furan rings is 1. The van der Waals surface area contributed by atoms with Gasteiger partial charge in [0.2, 0.25) is 6.10 Å². The second-order valence-electron chi connectivity index (χ2n) is 6.29. The average molecular weight is 405 g/mol. The fraction of sp³-hybridized carbons (Fsp3) is 0.0952. The molecule has 1 aliphatic rings. The summed E-state index contributed by atoms with van der Waals surface area (Å²) in [6, 6.07) is 18.7. The number of para-hydroxylation sites is 3. The monoisotopic (exact) mass is 405 g/mol. The number of nitrogens with zero attached hydrogens (tertiary/aromatic N) is 2. The Labute approximate surface area is 169 Å². The molecule has 4 aromatic rings. The molecule has 1 amide bonds. The number of hydrogen-bond donors (Lipinski definition) is 1. The van der Waals surface area contributed by atoms with Gasteiger partial charge < -0.3 is 13.9 Å². The molecule has 29 heavy (non-hydrogen) atoms. The first-order chi connectivity index (χ1) is 14.3. The molecular formula is C21H15N3O4S. The molecule has 0 saturated carbocycles. The molecule has 0 saturated heterocycles. The van der Waals surface area contributed by atoms with Gasteiger partial charge >= 0.3 is 0 Å². The number of hydrazone groups is 1. The largest absolute Gasteiger partial charge is 0.485 e. The van der Waals surface area contributed by atoms with Gasteiger partial charge in [0.15, 0.2) is 22.3 Å². The van der Waals surface area contributed by atoms with Crippen molar-refractivity contribution in [2.75, 3.05) is 6.61 Å². The highest BCUT2D eigenvalue weighted by Crippen LogP contribution is 2.31. The van der Waals surface area contributed by atoms with Crippen LogP contribution in [0, 0.1) is 0 Å². The lowest BCUT2D eigenvalue weighted by atomic mass is 10.2. The maximum Gasteiger partial charge on any atom is 0.284 e. The molecule has 2 aromatic carbocycles. The lowest BCUT2D eigenvalue weighted by molar-refractivity contribution is -0.130. The Balaban J connectivity index is 1.23. The van der Waals surface area contributed by atoms with Crippen LogP contribution in [-0.4, -0.2) is 29.8 Å². The topological polar surface area (TPSA) is 86.0 Å². The highest BCUT2D eigenvalue weighted by molar-refractivity contribution is 7.21. The van der Waals surface area contributed by atoms with E-state index in [2.05, 4.69) is 15.5 Å². The van der Waals surface area contributed by atoms with Crippen LogP contribution in [0.25, 0.3) is 21.0 Å². The summed E-state index contributed by atoms with van der Waals surface area (Å²) in [5, 5.41) is 4.74. The van der Waals surface area contributed by atoms with Gasteiger partial charge in [-0.2, -0.15) is 5.10 Å². The van der Waals surface area contributed by atoms with E-state index >= 15 is 0 Å². The molecule has 0 spiro atoms. The molecule has 5 rings (SSSR count). The van der Waals surface area contributed by atoms with Gasteiger partial charge in [-0.05, 0) is 36.4 Å². The number of fused-ring (bicyclic) bond motifs is 2. The molecule has 144 valence electrons. The summed E-state index contributed by atoms with van der Waals surface area (Å²) in [6.07, 6.45) is 0.670. The summed E-state index contributed by atoms with van der Waals surface area (Å²) in [6.45, 7) is 0.126. The SMILES string of the molecule is O=C(N/N=C\c1ccc(-c2nc3ccccc3s2)o1)[C@@H]1COc2ccccc2O1. The van der Waals surface area contributed by atoms with Gasteiger partial charge in [0.05, 0.1) is 16.4 Å². The van der Waals surface area contributed by atoms with Crippen molar-refractivity contribution in [2.45, 2.75) is 6.10 Å². The second-order valence-corrected chi connectivity index (χ2v) is 7.32. The van der Waals surface area contributed by atoms with Crippen molar-refractivity contribution >= 4 is 33.7 Å². The van der Waals surface area contributed by atoms with E-state index in [0.29, 0.717) is 23.0 Å². The van der Waals surface area contributed by atoms with Crippen LogP contribution in [0.15, 0.2) is 70.2 Å². The number of thiazole rings is 1. The first-order valence-corrected chi connectivity index (χ1v) is 9.75. The van der Waals surface area contributed by atoms with Crippen molar-refractivity contribution in [3.05, 3.63) is 66.4 Å². The van der Waals surface area contributed by atoms with Gasteiger partial charge in [-0.25, -0.2) is 10.4 Å². The minimum atomic E-state index is -0.767. The molecule has 1 aliphatic heterocycles. The van der Waals surface area contributed by atoms with Gasteiger partial charge in [-0.1, -0.05) is 24.3 Å². The van der Waals surface area contributed by atoms with E-state index in [0.717, 1.165) is 15.2 Å². The molecule has 8 heteroatoms. The summed E-state index contributed by atoms with van der Waals surface area (Å²) in [7, 11) is 0. The fourth-order valence-corrected chi connectivity index (χ4v) is 3.82. The van der Waals surface area contributed by atoms with Gasteiger partial charge in [-0.3, -0.25) is 4.79 Å². The fourth-order valence-electron chi connectivity index (χ4n) is 2.90. The number of amides is 1. The highest BCUT2D eigenvalue weighted by atomic mass is 32.1. The van der Waals surface area contributed by atoms with Gasteiger partial charge in [0.1, 0.15) is 12.4 Å². The van der Waals surface area contributed by atoms with Crippen LogP contribution in [-0.2, 0) is 4.79 Å². The van der Waals surface area contributed by atoms with E-state index in [9.17, 15) is 4.79 Å². The molecule has 2 aromatic heterocycles. The minimum Gasteiger partial charge on any atom is -0.485 e. The molecule has 3 heterocycles.